The van der Waals surface area contributed by atoms with Crippen LogP contribution >= 0.6 is 23.1 Å². The van der Waals surface area contributed by atoms with E-state index in [0.29, 0.717) is 0 Å². The molecule has 0 aliphatic heterocycles. The second-order valence-corrected chi connectivity index (χ2v) is 4.10. The molecule has 1 unspecified atom stereocenters. The van der Waals surface area contributed by atoms with Crippen LogP contribution in [-0.2, 0) is 6.42 Å². The first-order valence-electron chi connectivity index (χ1n) is 3.77. The van der Waals surface area contributed by atoms with Crippen LogP contribution in [0.3, 0.4) is 0 Å². The average molecular weight is 212 g/mol. The Kier molecular flexibility index (Phi) is 2.62. The smallest absolute Gasteiger partial charge is 0.0944 e. The fourth-order valence-corrected chi connectivity index (χ4v) is 2.14. The predicted molar refractivity (Wildman–Crippen MR) is 52.7 cm³/mol. The normalized spacial score (nSPS) is 13.0. The molecule has 0 aliphatic carbocycles. The lowest BCUT2D eigenvalue weighted by Gasteiger charge is -2.04. The van der Waals surface area contributed by atoms with E-state index in [9.17, 15) is 0 Å². The van der Waals surface area contributed by atoms with Crippen LogP contribution in [0.15, 0.2) is 17.8 Å². The zero-order valence-corrected chi connectivity index (χ0v) is 8.38. The van der Waals surface area contributed by atoms with E-state index in [1.54, 1.807) is 23.7 Å². The van der Waals surface area contributed by atoms with Crippen molar-refractivity contribution in [3.63, 3.8) is 0 Å². The van der Waals surface area contributed by atoms with Gasteiger partial charge in [0.2, 0.25) is 0 Å². The first-order valence-corrected chi connectivity index (χ1v) is 5.38. The highest BCUT2D eigenvalue weighted by Gasteiger charge is 2.10. The summed E-state index contributed by atoms with van der Waals surface area (Å²) in [6.45, 7) is 0. The Labute approximate surface area is 83.8 Å². The van der Waals surface area contributed by atoms with Crippen LogP contribution in [0.4, 0.5) is 0 Å². The molecule has 6 heteroatoms. The standard InChI is InChI=1S/C7H8N4S2/c8-5(6-4-10-13-11-6)3-7-9-1-2-12-7/h1-2,4-5H,3,8H2. The SMILES string of the molecule is NC(Cc1nccs1)c1cnsn1. The Morgan fingerprint density at radius 3 is 3.08 bits per heavy atom. The Balaban J connectivity index is 2.04. The molecular formula is C7H8N4S2. The zero-order valence-electron chi connectivity index (χ0n) is 6.75. The monoisotopic (exact) mass is 212 g/mol. The lowest BCUT2D eigenvalue weighted by Crippen LogP contribution is -2.13. The highest BCUT2D eigenvalue weighted by molar-refractivity contribution is 7.09. The van der Waals surface area contributed by atoms with E-state index in [1.807, 2.05) is 5.38 Å². The minimum absolute atomic E-state index is 0.0788. The molecule has 0 aromatic carbocycles. The van der Waals surface area contributed by atoms with Gasteiger partial charge in [0.25, 0.3) is 0 Å². The summed E-state index contributed by atoms with van der Waals surface area (Å²) in [4.78, 5) is 4.16. The molecular weight excluding hydrogens is 204 g/mol. The van der Waals surface area contributed by atoms with Crippen molar-refractivity contribution in [3.05, 3.63) is 28.5 Å². The minimum atomic E-state index is -0.0788. The summed E-state index contributed by atoms with van der Waals surface area (Å²) in [6, 6.07) is -0.0788. The molecule has 0 fully saturated rings. The van der Waals surface area contributed by atoms with Crippen LogP contribution in [0.25, 0.3) is 0 Å². The number of nitrogens with two attached hydrogens (primary N) is 1. The van der Waals surface area contributed by atoms with Crippen molar-refractivity contribution in [2.24, 2.45) is 5.73 Å². The lowest BCUT2D eigenvalue weighted by atomic mass is 10.2. The van der Waals surface area contributed by atoms with Gasteiger partial charge in [0.05, 0.1) is 34.7 Å². The van der Waals surface area contributed by atoms with Crippen molar-refractivity contribution in [1.29, 1.82) is 0 Å². The number of aromatic nitrogens is 3. The van der Waals surface area contributed by atoms with Crippen LogP contribution in [0, 0.1) is 0 Å². The Hall–Kier alpha value is -0.850. The average Bonchev–Trinajstić information content (AvgIpc) is 2.74. The van der Waals surface area contributed by atoms with Crippen molar-refractivity contribution in [2.45, 2.75) is 12.5 Å². The highest BCUT2D eigenvalue weighted by atomic mass is 32.1. The fourth-order valence-electron chi connectivity index (χ4n) is 0.982. The van der Waals surface area contributed by atoms with Crippen LogP contribution in [0.2, 0.25) is 0 Å². The summed E-state index contributed by atoms with van der Waals surface area (Å²) < 4.78 is 7.99. The lowest BCUT2D eigenvalue weighted by molar-refractivity contribution is 0.701. The van der Waals surface area contributed by atoms with Crippen LogP contribution in [-0.4, -0.2) is 13.7 Å². The van der Waals surface area contributed by atoms with Gasteiger partial charge in [-0.05, 0) is 0 Å². The molecule has 2 N–H and O–H groups in total. The first-order chi connectivity index (χ1) is 6.36. The third-order valence-electron chi connectivity index (χ3n) is 1.64. The van der Waals surface area contributed by atoms with Gasteiger partial charge in [-0.2, -0.15) is 8.75 Å². The van der Waals surface area contributed by atoms with Crippen molar-refractivity contribution in [1.82, 2.24) is 13.7 Å². The molecule has 0 spiro atoms. The van der Waals surface area contributed by atoms with Crippen LogP contribution in [0.1, 0.15) is 16.7 Å². The van der Waals surface area contributed by atoms with E-state index in [2.05, 4.69) is 13.7 Å². The molecule has 4 nitrogen and oxygen atoms in total. The van der Waals surface area contributed by atoms with Gasteiger partial charge in [0.1, 0.15) is 0 Å². The number of hydrogen-bond donors (Lipinski definition) is 1. The molecule has 13 heavy (non-hydrogen) atoms. The van der Waals surface area contributed by atoms with E-state index < -0.39 is 0 Å². The molecule has 1 atom stereocenters. The maximum atomic E-state index is 5.90. The molecule has 2 heterocycles. The molecule has 0 bridgehead atoms. The summed E-state index contributed by atoms with van der Waals surface area (Å²) in [6.07, 6.45) is 4.23. The number of hydrogen-bond acceptors (Lipinski definition) is 6. The number of rotatable bonds is 3. The first kappa shape index (κ1) is 8.74. The third kappa shape index (κ3) is 2.09. The topological polar surface area (TPSA) is 64.7 Å². The van der Waals surface area contributed by atoms with Crippen molar-refractivity contribution in [3.8, 4) is 0 Å². The second kappa shape index (κ2) is 3.91. The minimum Gasteiger partial charge on any atom is -0.322 e. The molecule has 2 rings (SSSR count). The second-order valence-electron chi connectivity index (χ2n) is 2.57. The van der Waals surface area contributed by atoms with E-state index in [-0.39, 0.29) is 6.04 Å². The number of thiazole rings is 1. The van der Waals surface area contributed by atoms with Crippen molar-refractivity contribution < 1.29 is 0 Å². The van der Waals surface area contributed by atoms with Gasteiger partial charge in [-0.3, -0.25) is 0 Å². The van der Waals surface area contributed by atoms with Gasteiger partial charge in [-0.1, -0.05) is 0 Å². The van der Waals surface area contributed by atoms with E-state index in [4.69, 9.17) is 5.73 Å². The highest BCUT2D eigenvalue weighted by Crippen LogP contribution is 2.15. The maximum absolute atomic E-state index is 5.90. The van der Waals surface area contributed by atoms with Gasteiger partial charge >= 0.3 is 0 Å². The molecule has 2 aromatic heterocycles. The Morgan fingerprint density at radius 2 is 2.46 bits per heavy atom. The zero-order chi connectivity index (χ0) is 9.10. The molecule has 0 aliphatic rings. The summed E-state index contributed by atoms with van der Waals surface area (Å²) in [5.74, 6) is 0. The molecule has 0 radical (unpaired) electrons. The van der Waals surface area contributed by atoms with Gasteiger partial charge in [0.15, 0.2) is 0 Å². The largest absolute Gasteiger partial charge is 0.322 e. The van der Waals surface area contributed by atoms with Crippen LogP contribution < -0.4 is 5.73 Å². The molecule has 0 amide bonds. The van der Waals surface area contributed by atoms with Crippen LogP contribution in [0.5, 0.6) is 0 Å². The summed E-state index contributed by atoms with van der Waals surface area (Å²) >= 11 is 2.80. The Bertz CT molecular complexity index is 342. The number of nitrogens with zero attached hydrogens (tertiary/aromatic N) is 3. The maximum Gasteiger partial charge on any atom is 0.0944 e. The fraction of sp³-hybridized carbons (Fsp3) is 0.286. The van der Waals surface area contributed by atoms with E-state index >= 15 is 0 Å². The van der Waals surface area contributed by atoms with E-state index in [0.717, 1.165) is 17.1 Å². The van der Waals surface area contributed by atoms with E-state index in [1.165, 1.54) is 11.7 Å². The van der Waals surface area contributed by atoms with Gasteiger partial charge in [0, 0.05) is 18.0 Å². The molecule has 68 valence electrons. The third-order valence-corrected chi connectivity index (χ3v) is 2.93. The predicted octanol–water partition coefficient (Wildman–Crippen LogP) is 1.24. The van der Waals surface area contributed by atoms with Crippen molar-refractivity contribution in [2.75, 3.05) is 0 Å². The molecule has 0 saturated heterocycles. The van der Waals surface area contributed by atoms with Gasteiger partial charge < -0.3 is 5.73 Å². The van der Waals surface area contributed by atoms with Crippen molar-refractivity contribution >= 4 is 23.1 Å². The Morgan fingerprint density at radius 1 is 1.54 bits per heavy atom. The summed E-state index contributed by atoms with van der Waals surface area (Å²) in [5.41, 5.74) is 6.75. The summed E-state index contributed by atoms with van der Waals surface area (Å²) in [7, 11) is 0. The van der Waals surface area contributed by atoms with Gasteiger partial charge in [-0.25, -0.2) is 4.98 Å². The molecule has 2 aromatic rings. The summed E-state index contributed by atoms with van der Waals surface area (Å²) in [5, 5.41) is 2.99. The molecule has 0 saturated carbocycles. The quantitative estimate of drug-likeness (QED) is 0.831. The van der Waals surface area contributed by atoms with Gasteiger partial charge in [-0.15, -0.1) is 11.3 Å².